The van der Waals surface area contributed by atoms with Crippen molar-refractivity contribution in [3.8, 4) is 0 Å². The smallest absolute Gasteiger partial charge is 0.325 e. The lowest BCUT2D eigenvalue weighted by Crippen LogP contribution is -2.49. The van der Waals surface area contributed by atoms with Gasteiger partial charge >= 0.3 is 5.97 Å². The first-order chi connectivity index (χ1) is 7.00. The summed E-state index contributed by atoms with van der Waals surface area (Å²) in [6.45, 7) is 3.13. The topological polar surface area (TPSA) is 91.0 Å². The molecule has 3 N–H and O–H groups in total. The Labute approximate surface area is 89.3 Å². The van der Waals surface area contributed by atoms with Crippen LogP contribution in [-0.2, 0) is 19.0 Å². The summed E-state index contributed by atoms with van der Waals surface area (Å²) in [5, 5.41) is 8.66. The van der Waals surface area contributed by atoms with Crippen molar-refractivity contribution in [1.29, 1.82) is 0 Å². The van der Waals surface area contributed by atoms with Crippen LogP contribution in [0.5, 0.6) is 0 Å². The number of rotatable bonds is 9. The van der Waals surface area contributed by atoms with E-state index in [-0.39, 0.29) is 6.61 Å². The molecular formula is C9H19NO5. The van der Waals surface area contributed by atoms with Gasteiger partial charge in [0.15, 0.2) is 0 Å². The highest BCUT2D eigenvalue weighted by Gasteiger charge is 2.27. The maximum absolute atomic E-state index is 10.6. The monoisotopic (exact) mass is 221 g/mol. The van der Waals surface area contributed by atoms with Gasteiger partial charge in [0, 0.05) is 7.11 Å². The zero-order chi connectivity index (χ0) is 11.7. The lowest BCUT2D eigenvalue weighted by Gasteiger charge is -2.18. The standard InChI is InChI=1S/C9H19NO5/c1-9(10,8(11)12)7-15-6-5-14-4-3-13-2/h3-7,10H2,1-2H3,(H,11,12). The molecular weight excluding hydrogens is 202 g/mol. The van der Waals surface area contributed by atoms with Crippen LogP contribution in [0.2, 0.25) is 0 Å². The van der Waals surface area contributed by atoms with Gasteiger partial charge in [0.05, 0.1) is 33.0 Å². The lowest BCUT2D eigenvalue weighted by molar-refractivity contribution is -0.145. The fourth-order valence-corrected chi connectivity index (χ4v) is 0.708. The van der Waals surface area contributed by atoms with E-state index in [0.717, 1.165) is 0 Å². The Morgan fingerprint density at radius 3 is 2.33 bits per heavy atom. The highest BCUT2D eigenvalue weighted by Crippen LogP contribution is 1.99. The predicted octanol–water partition coefficient (Wildman–Crippen LogP) is -0.532. The molecule has 0 aromatic carbocycles. The maximum Gasteiger partial charge on any atom is 0.325 e. The molecule has 0 heterocycles. The van der Waals surface area contributed by atoms with Crippen LogP contribution in [0.3, 0.4) is 0 Å². The number of aliphatic carboxylic acids is 1. The molecule has 0 radical (unpaired) electrons. The fourth-order valence-electron chi connectivity index (χ4n) is 0.708. The van der Waals surface area contributed by atoms with Crippen LogP contribution in [0.1, 0.15) is 6.92 Å². The van der Waals surface area contributed by atoms with Gasteiger partial charge in [-0.25, -0.2) is 0 Å². The Hall–Kier alpha value is -0.690. The molecule has 15 heavy (non-hydrogen) atoms. The molecule has 0 aliphatic heterocycles. The second-order valence-corrected chi connectivity index (χ2v) is 3.38. The van der Waals surface area contributed by atoms with Crippen molar-refractivity contribution < 1.29 is 24.1 Å². The minimum absolute atomic E-state index is 0.0318. The molecule has 1 atom stereocenters. The molecule has 0 aromatic heterocycles. The van der Waals surface area contributed by atoms with Gasteiger partial charge in [-0.1, -0.05) is 0 Å². The summed E-state index contributed by atoms with van der Waals surface area (Å²) in [5.74, 6) is -1.08. The lowest BCUT2D eigenvalue weighted by atomic mass is 10.1. The Bertz CT molecular complexity index is 183. The summed E-state index contributed by atoms with van der Waals surface area (Å²) in [7, 11) is 1.59. The van der Waals surface area contributed by atoms with Crippen LogP contribution in [0, 0.1) is 0 Å². The second kappa shape index (κ2) is 7.58. The van der Waals surface area contributed by atoms with Crippen molar-refractivity contribution in [2.45, 2.75) is 12.5 Å². The van der Waals surface area contributed by atoms with Gasteiger partial charge in [0.25, 0.3) is 0 Å². The number of hydrogen-bond donors (Lipinski definition) is 2. The van der Waals surface area contributed by atoms with E-state index < -0.39 is 11.5 Å². The molecule has 90 valence electrons. The average molecular weight is 221 g/mol. The second-order valence-electron chi connectivity index (χ2n) is 3.38. The Kier molecular flexibility index (Phi) is 7.23. The van der Waals surface area contributed by atoms with E-state index in [9.17, 15) is 4.79 Å². The normalized spacial score (nSPS) is 14.9. The molecule has 0 fully saturated rings. The summed E-state index contributed by atoms with van der Waals surface area (Å²) in [5.41, 5.74) is 4.10. The molecule has 0 spiro atoms. The number of ether oxygens (including phenoxy) is 3. The molecule has 6 nitrogen and oxygen atoms in total. The first-order valence-electron chi connectivity index (χ1n) is 4.67. The minimum Gasteiger partial charge on any atom is -0.480 e. The van der Waals surface area contributed by atoms with Gasteiger partial charge in [-0.3, -0.25) is 4.79 Å². The third-order valence-electron chi connectivity index (χ3n) is 1.69. The van der Waals surface area contributed by atoms with E-state index in [2.05, 4.69) is 0 Å². The van der Waals surface area contributed by atoms with E-state index in [0.29, 0.717) is 26.4 Å². The van der Waals surface area contributed by atoms with Crippen molar-refractivity contribution in [3.05, 3.63) is 0 Å². The molecule has 0 bridgehead atoms. The molecule has 0 saturated heterocycles. The molecule has 0 saturated carbocycles. The Balaban J connectivity index is 3.35. The first-order valence-corrected chi connectivity index (χ1v) is 4.67. The molecule has 0 amide bonds. The Morgan fingerprint density at radius 1 is 1.27 bits per heavy atom. The first kappa shape index (κ1) is 14.3. The maximum atomic E-state index is 10.6. The van der Waals surface area contributed by atoms with Crippen LogP contribution in [-0.4, -0.2) is 56.8 Å². The number of nitrogens with two attached hydrogens (primary N) is 1. The number of carboxylic acid groups (broad SMARTS) is 1. The summed E-state index contributed by atoms with van der Waals surface area (Å²) in [6, 6.07) is 0. The van der Waals surface area contributed by atoms with Gasteiger partial charge in [-0.2, -0.15) is 0 Å². The van der Waals surface area contributed by atoms with Crippen LogP contribution < -0.4 is 5.73 Å². The van der Waals surface area contributed by atoms with Gasteiger partial charge < -0.3 is 25.1 Å². The van der Waals surface area contributed by atoms with E-state index >= 15 is 0 Å². The van der Waals surface area contributed by atoms with Crippen molar-refractivity contribution in [2.24, 2.45) is 5.73 Å². The van der Waals surface area contributed by atoms with E-state index in [1.165, 1.54) is 6.92 Å². The van der Waals surface area contributed by atoms with Crippen molar-refractivity contribution in [3.63, 3.8) is 0 Å². The SMILES string of the molecule is COCCOCCOCC(C)(N)C(=O)O. The van der Waals surface area contributed by atoms with Crippen LogP contribution >= 0.6 is 0 Å². The molecule has 0 rings (SSSR count). The largest absolute Gasteiger partial charge is 0.480 e. The molecule has 1 unspecified atom stereocenters. The van der Waals surface area contributed by atoms with Gasteiger partial charge in [0.2, 0.25) is 0 Å². The summed E-state index contributed by atoms with van der Waals surface area (Å²) in [4.78, 5) is 10.6. The number of carboxylic acids is 1. The summed E-state index contributed by atoms with van der Waals surface area (Å²) >= 11 is 0. The third-order valence-corrected chi connectivity index (χ3v) is 1.69. The Morgan fingerprint density at radius 2 is 1.80 bits per heavy atom. The van der Waals surface area contributed by atoms with Crippen LogP contribution in [0.15, 0.2) is 0 Å². The number of methoxy groups -OCH3 is 1. The van der Waals surface area contributed by atoms with E-state index in [1.807, 2.05) is 0 Å². The van der Waals surface area contributed by atoms with Crippen molar-refractivity contribution >= 4 is 5.97 Å². The highest BCUT2D eigenvalue weighted by molar-refractivity contribution is 5.77. The average Bonchev–Trinajstić information content (AvgIpc) is 2.16. The zero-order valence-electron chi connectivity index (χ0n) is 9.19. The summed E-state index contributed by atoms with van der Waals surface area (Å²) < 4.78 is 14.9. The third kappa shape index (κ3) is 7.26. The summed E-state index contributed by atoms with van der Waals surface area (Å²) in [6.07, 6.45) is 0. The number of hydrogen-bond acceptors (Lipinski definition) is 5. The van der Waals surface area contributed by atoms with Crippen molar-refractivity contribution in [2.75, 3.05) is 40.1 Å². The quantitative estimate of drug-likeness (QED) is 0.508. The van der Waals surface area contributed by atoms with Gasteiger partial charge in [0.1, 0.15) is 5.54 Å². The van der Waals surface area contributed by atoms with Gasteiger partial charge in [-0.05, 0) is 6.92 Å². The minimum atomic E-state index is -1.34. The molecule has 6 heteroatoms. The molecule has 0 aromatic rings. The van der Waals surface area contributed by atoms with Crippen molar-refractivity contribution in [1.82, 2.24) is 0 Å². The van der Waals surface area contributed by atoms with Crippen LogP contribution in [0.4, 0.5) is 0 Å². The van der Waals surface area contributed by atoms with Crippen LogP contribution in [0.25, 0.3) is 0 Å². The zero-order valence-corrected chi connectivity index (χ0v) is 9.19. The predicted molar refractivity (Wildman–Crippen MR) is 53.7 cm³/mol. The molecule has 0 aliphatic carbocycles. The van der Waals surface area contributed by atoms with Gasteiger partial charge in [-0.15, -0.1) is 0 Å². The number of carbonyl (C=O) groups is 1. The van der Waals surface area contributed by atoms with E-state index in [4.69, 9.17) is 25.1 Å². The molecule has 0 aliphatic rings. The highest BCUT2D eigenvalue weighted by atomic mass is 16.5. The van der Waals surface area contributed by atoms with E-state index in [1.54, 1.807) is 7.11 Å². The fraction of sp³-hybridized carbons (Fsp3) is 0.889.